The molecule has 0 aliphatic carbocycles. The molecule has 3 aliphatic rings. The minimum atomic E-state index is -0.852. The van der Waals surface area contributed by atoms with E-state index >= 15 is 0 Å². The molecule has 0 saturated carbocycles. The van der Waals surface area contributed by atoms with Gasteiger partial charge in [0, 0.05) is 24.5 Å². The van der Waals surface area contributed by atoms with Gasteiger partial charge in [-0.15, -0.1) is 0 Å². The van der Waals surface area contributed by atoms with E-state index in [0.717, 1.165) is 13.0 Å². The van der Waals surface area contributed by atoms with E-state index in [-0.39, 0.29) is 18.2 Å². The van der Waals surface area contributed by atoms with Crippen LogP contribution in [0.3, 0.4) is 0 Å². The van der Waals surface area contributed by atoms with Gasteiger partial charge in [0.2, 0.25) is 17.7 Å². The number of nitrogens with zero attached hydrogens (tertiary/aromatic N) is 1. The summed E-state index contributed by atoms with van der Waals surface area (Å²) >= 11 is 12.2. The van der Waals surface area contributed by atoms with E-state index < -0.39 is 30.2 Å². The van der Waals surface area contributed by atoms with E-state index in [1.807, 2.05) is 12.1 Å². The lowest BCUT2D eigenvalue weighted by Gasteiger charge is -2.47. The molecule has 0 bridgehead atoms. The topological polar surface area (TPSA) is 103 Å². The van der Waals surface area contributed by atoms with Gasteiger partial charge in [-0.1, -0.05) is 47.5 Å². The maximum absolute atomic E-state index is 13.2. The van der Waals surface area contributed by atoms with Crippen LogP contribution in [-0.4, -0.2) is 41.6 Å². The van der Waals surface area contributed by atoms with Crippen LogP contribution < -0.4 is 21.3 Å². The molecule has 4 unspecified atom stereocenters. The van der Waals surface area contributed by atoms with Crippen molar-refractivity contribution >= 4 is 46.6 Å². The Kier molecular flexibility index (Phi) is 6.01. The first-order valence-electron chi connectivity index (χ1n) is 10.8. The van der Waals surface area contributed by atoms with Crippen LogP contribution in [0.5, 0.6) is 0 Å². The number of rotatable bonds is 3. The first-order chi connectivity index (χ1) is 15.9. The molecule has 3 aliphatic heterocycles. The number of carbonyl (C=O) groups excluding carboxylic acids is 3. The molecule has 5 rings (SSSR count). The van der Waals surface area contributed by atoms with Crippen LogP contribution in [0, 0.1) is 11.8 Å². The number of hydrogen-bond donors (Lipinski definition) is 4. The number of carbonyl (C=O) groups is 3. The molecule has 172 valence electrons. The van der Waals surface area contributed by atoms with Gasteiger partial charge < -0.3 is 16.0 Å². The van der Waals surface area contributed by atoms with Crippen molar-refractivity contribution in [1.82, 2.24) is 20.9 Å². The third kappa shape index (κ3) is 4.44. The number of benzene rings is 2. The molecule has 4 N–H and O–H groups in total. The van der Waals surface area contributed by atoms with Crippen molar-refractivity contribution in [2.24, 2.45) is 11.8 Å². The number of fused-ring (bicyclic) bond motifs is 2. The summed E-state index contributed by atoms with van der Waals surface area (Å²) in [5.74, 6) is -2.63. The van der Waals surface area contributed by atoms with Gasteiger partial charge in [-0.2, -0.15) is 0 Å². The summed E-state index contributed by atoms with van der Waals surface area (Å²) in [6.45, 7) is 1.44. The monoisotopic (exact) mass is 487 g/mol. The fourth-order valence-corrected chi connectivity index (χ4v) is 5.15. The smallest absolute Gasteiger partial charge is 0.229 e. The standard InChI is InChI=1S/C23H23Cl2N5O3/c24-14-5-6-16(25)17(9-14)26-21(32)15-10-18(31)27-20-19(15)22(33)29-23(28-20)30-8-7-12-3-1-2-4-13(12)11-30/h1-6,9,15,19-20,23,28H,7-8,10-11H2,(H,26,32)(H,27,31)(H,29,33). The van der Waals surface area contributed by atoms with Crippen molar-refractivity contribution in [2.75, 3.05) is 11.9 Å². The zero-order chi connectivity index (χ0) is 23.1. The van der Waals surface area contributed by atoms with Crippen molar-refractivity contribution in [2.45, 2.75) is 31.8 Å². The Bertz CT molecular complexity index is 1130. The number of halogens is 2. The second-order valence-electron chi connectivity index (χ2n) is 8.56. The summed E-state index contributed by atoms with van der Waals surface area (Å²) < 4.78 is 0. The van der Waals surface area contributed by atoms with Gasteiger partial charge in [0.05, 0.1) is 28.7 Å². The molecule has 0 spiro atoms. The van der Waals surface area contributed by atoms with Gasteiger partial charge in [0.25, 0.3) is 0 Å². The summed E-state index contributed by atoms with van der Waals surface area (Å²) in [5, 5.41) is 12.6. The molecule has 2 fully saturated rings. The first-order valence-corrected chi connectivity index (χ1v) is 11.6. The molecule has 3 amide bonds. The van der Waals surface area contributed by atoms with Crippen molar-refractivity contribution < 1.29 is 14.4 Å². The number of hydrogen-bond acceptors (Lipinski definition) is 5. The highest BCUT2D eigenvalue weighted by molar-refractivity contribution is 6.35. The van der Waals surface area contributed by atoms with Crippen LogP contribution in [0.1, 0.15) is 17.5 Å². The molecular formula is C23H23Cl2N5O3. The molecule has 2 aromatic rings. The quantitative estimate of drug-likeness (QED) is 0.530. The van der Waals surface area contributed by atoms with Gasteiger partial charge in [-0.3, -0.25) is 24.6 Å². The largest absolute Gasteiger partial charge is 0.340 e. The predicted octanol–water partition coefficient (Wildman–Crippen LogP) is 2.07. The van der Waals surface area contributed by atoms with Crippen molar-refractivity contribution in [1.29, 1.82) is 0 Å². The maximum atomic E-state index is 13.2. The van der Waals surface area contributed by atoms with Crippen LogP contribution in [0.25, 0.3) is 0 Å². The lowest BCUT2D eigenvalue weighted by Crippen LogP contribution is -2.74. The summed E-state index contributed by atoms with van der Waals surface area (Å²) in [5.41, 5.74) is 2.85. The molecule has 3 heterocycles. The van der Waals surface area contributed by atoms with Gasteiger partial charge in [-0.25, -0.2) is 0 Å². The van der Waals surface area contributed by atoms with Crippen molar-refractivity contribution in [3.63, 3.8) is 0 Å². The first kappa shape index (κ1) is 22.2. The van der Waals surface area contributed by atoms with Crippen LogP contribution >= 0.6 is 23.2 Å². The molecule has 0 aromatic heterocycles. The van der Waals surface area contributed by atoms with E-state index in [9.17, 15) is 14.4 Å². The van der Waals surface area contributed by atoms with Gasteiger partial charge in [0.15, 0.2) is 0 Å². The molecule has 4 atom stereocenters. The minimum Gasteiger partial charge on any atom is -0.340 e. The number of anilines is 1. The summed E-state index contributed by atoms with van der Waals surface area (Å²) in [6.07, 6.45) is -0.331. The van der Waals surface area contributed by atoms with E-state index in [0.29, 0.717) is 22.3 Å². The zero-order valence-corrected chi connectivity index (χ0v) is 19.1. The van der Waals surface area contributed by atoms with E-state index in [2.05, 4.69) is 38.3 Å². The molecule has 8 nitrogen and oxygen atoms in total. The lowest BCUT2D eigenvalue weighted by molar-refractivity contribution is -0.147. The second-order valence-corrected chi connectivity index (χ2v) is 9.41. The highest BCUT2D eigenvalue weighted by Gasteiger charge is 2.49. The third-order valence-electron chi connectivity index (χ3n) is 6.48. The van der Waals surface area contributed by atoms with Gasteiger partial charge in [0.1, 0.15) is 6.29 Å². The molecule has 33 heavy (non-hydrogen) atoms. The lowest BCUT2D eigenvalue weighted by atomic mass is 9.81. The van der Waals surface area contributed by atoms with E-state index in [4.69, 9.17) is 23.2 Å². The highest BCUT2D eigenvalue weighted by atomic mass is 35.5. The Morgan fingerprint density at radius 3 is 2.67 bits per heavy atom. The Hall–Kier alpha value is -2.65. The SMILES string of the molecule is O=C1CC(C(=O)Nc2cc(Cl)ccc2Cl)C2C(=O)NC(N3CCc4ccccc4C3)NC2N1. The van der Waals surface area contributed by atoms with Crippen LogP contribution in [0.15, 0.2) is 42.5 Å². The average Bonchev–Trinajstić information content (AvgIpc) is 2.80. The normalized spacial score (nSPS) is 27.1. The number of nitrogens with one attached hydrogen (secondary N) is 4. The van der Waals surface area contributed by atoms with E-state index in [1.165, 1.54) is 17.2 Å². The van der Waals surface area contributed by atoms with Gasteiger partial charge in [-0.05, 0) is 35.7 Å². The third-order valence-corrected chi connectivity index (χ3v) is 7.05. The maximum Gasteiger partial charge on any atom is 0.229 e. The average molecular weight is 488 g/mol. The Morgan fingerprint density at radius 1 is 1.06 bits per heavy atom. The summed E-state index contributed by atoms with van der Waals surface area (Å²) in [6, 6.07) is 12.9. The van der Waals surface area contributed by atoms with Crippen LogP contribution in [-0.2, 0) is 27.3 Å². The minimum absolute atomic E-state index is 0.0952. The zero-order valence-electron chi connectivity index (χ0n) is 17.6. The van der Waals surface area contributed by atoms with Crippen molar-refractivity contribution in [3.8, 4) is 0 Å². The molecular weight excluding hydrogens is 465 g/mol. The number of amides is 3. The van der Waals surface area contributed by atoms with Crippen LogP contribution in [0.2, 0.25) is 10.0 Å². The molecule has 10 heteroatoms. The fraction of sp³-hybridized carbons (Fsp3) is 0.348. The molecule has 2 aromatic carbocycles. The molecule has 0 radical (unpaired) electrons. The summed E-state index contributed by atoms with van der Waals surface area (Å²) in [4.78, 5) is 40.8. The Labute approximate surface area is 201 Å². The highest BCUT2D eigenvalue weighted by Crippen LogP contribution is 2.31. The van der Waals surface area contributed by atoms with E-state index in [1.54, 1.807) is 12.1 Å². The van der Waals surface area contributed by atoms with Crippen LogP contribution in [0.4, 0.5) is 5.69 Å². The Morgan fingerprint density at radius 2 is 1.85 bits per heavy atom. The number of piperidine rings is 1. The second kappa shape index (κ2) is 8.95. The Balaban J connectivity index is 1.32. The van der Waals surface area contributed by atoms with Crippen molar-refractivity contribution in [3.05, 3.63) is 63.6 Å². The summed E-state index contributed by atoms with van der Waals surface area (Å²) in [7, 11) is 0. The fourth-order valence-electron chi connectivity index (χ4n) is 4.81. The predicted molar refractivity (Wildman–Crippen MR) is 124 cm³/mol. The van der Waals surface area contributed by atoms with Gasteiger partial charge >= 0.3 is 0 Å². The molecule has 2 saturated heterocycles.